The van der Waals surface area contributed by atoms with Crippen molar-refractivity contribution in [2.24, 2.45) is 0 Å². The number of nitrogens with zero attached hydrogens (tertiary/aromatic N) is 2. The third-order valence-corrected chi connectivity index (χ3v) is 4.40. The minimum absolute atomic E-state index is 0.163. The molecule has 1 aromatic rings. The number of benzene rings is 1. The maximum Gasteiger partial charge on any atom is 0.243 e. The molecular weight excluding hydrogens is 252 g/mol. The van der Waals surface area contributed by atoms with E-state index in [9.17, 15) is 13.2 Å². The van der Waals surface area contributed by atoms with Gasteiger partial charge in [0.15, 0.2) is 0 Å². The normalized spacial score (nSPS) is 11.6. The molecule has 0 saturated heterocycles. The van der Waals surface area contributed by atoms with Crippen LogP contribution in [0.25, 0.3) is 0 Å². The molecule has 0 aliphatic heterocycles. The van der Waals surface area contributed by atoms with Crippen LogP contribution >= 0.6 is 0 Å². The molecule has 1 amide bonds. The molecule has 0 atom stereocenters. The second-order valence-electron chi connectivity index (χ2n) is 4.36. The molecule has 0 bridgehead atoms. The zero-order valence-electron chi connectivity index (χ0n) is 11.0. The molecule has 0 unspecified atom stereocenters. The van der Waals surface area contributed by atoms with E-state index in [1.54, 1.807) is 38.4 Å². The van der Waals surface area contributed by atoms with Crippen molar-refractivity contribution in [1.29, 1.82) is 0 Å². The van der Waals surface area contributed by atoms with Gasteiger partial charge in [-0.3, -0.25) is 4.79 Å². The van der Waals surface area contributed by atoms with Crippen molar-refractivity contribution >= 4 is 15.9 Å². The van der Waals surface area contributed by atoms with Gasteiger partial charge >= 0.3 is 0 Å². The Morgan fingerprint density at radius 3 is 2.06 bits per heavy atom. The van der Waals surface area contributed by atoms with E-state index in [0.717, 1.165) is 9.87 Å². The summed E-state index contributed by atoms with van der Waals surface area (Å²) in [5.74, 6) is -0.256. The van der Waals surface area contributed by atoms with Crippen LogP contribution in [0.4, 0.5) is 0 Å². The van der Waals surface area contributed by atoms with Crippen molar-refractivity contribution < 1.29 is 13.2 Å². The third kappa shape index (κ3) is 3.30. The highest BCUT2D eigenvalue weighted by molar-refractivity contribution is 7.89. The van der Waals surface area contributed by atoms with Crippen molar-refractivity contribution in [3.05, 3.63) is 29.8 Å². The van der Waals surface area contributed by atoms with E-state index >= 15 is 0 Å². The Labute approximate surface area is 108 Å². The molecule has 0 saturated carbocycles. The molecule has 5 nitrogen and oxygen atoms in total. The lowest BCUT2D eigenvalue weighted by atomic mass is 10.2. The highest BCUT2D eigenvalue weighted by atomic mass is 32.2. The first-order valence-corrected chi connectivity index (χ1v) is 6.92. The number of aryl methyl sites for hydroxylation is 1. The maximum atomic E-state index is 12.2. The zero-order chi connectivity index (χ0) is 13.9. The van der Waals surface area contributed by atoms with Crippen LogP contribution in [-0.2, 0) is 14.8 Å². The van der Waals surface area contributed by atoms with Gasteiger partial charge in [-0.25, -0.2) is 8.42 Å². The van der Waals surface area contributed by atoms with Gasteiger partial charge in [0.05, 0.1) is 11.4 Å². The molecule has 1 rings (SSSR count). The number of hydrogen-bond acceptors (Lipinski definition) is 3. The first-order chi connectivity index (χ1) is 8.25. The van der Waals surface area contributed by atoms with Crippen molar-refractivity contribution in [2.75, 3.05) is 27.7 Å². The minimum Gasteiger partial charge on any atom is -0.348 e. The van der Waals surface area contributed by atoms with Crippen LogP contribution in [0.1, 0.15) is 5.56 Å². The maximum absolute atomic E-state index is 12.2. The topological polar surface area (TPSA) is 57.7 Å². The Kier molecular flexibility index (Phi) is 4.48. The number of carbonyl (C=O) groups is 1. The Balaban J connectivity index is 2.93. The van der Waals surface area contributed by atoms with E-state index in [2.05, 4.69) is 0 Å². The van der Waals surface area contributed by atoms with Crippen molar-refractivity contribution in [1.82, 2.24) is 9.21 Å². The second kappa shape index (κ2) is 5.49. The molecule has 0 fully saturated rings. The van der Waals surface area contributed by atoms with E-state index in [-0.39, 0.29) is 17.3 Å². The monoisotopic (exact) mass is 270 g/mol. The van der Waals surface area contributed by atoms with Gasteiger partial charge in [0.2, 0.25) is 15.9 Å². The molecule has 0 aliphatic rings. The molecule has 1 aromatic carbocycles. The molecule has 0 aromatic heterocycles. The van der Waals surface area contributed by atoms with Crippen LogP contribution in [0.5, 0.6) is 0 Å². The molecule has 18 heavy (non-hydrogen) atoms. The van der Waals surface area contributed by atoms with Crippen molar-refractivity contribution in [2.45, 2.75) is 11.8 Å². The van der Waals surface area contributed by atoms with Gasteiger partial charge in [-0.2, -0.15) is 4.31 Å². The summed E-state index contributed by atoms with van der Waals surface area (Å²) in [5, 5.41) is 0. The summed E-state index contributed by atoms with van der Waals surface area (Å²) in [4.78, 5) is 13.1. The number of rotatable bonds is 4. The highest BCUT2D eigenvalue weighted by Crippen LogP contribution is 2.14. The minimum atomic E-state index is -3.60. The summed E-state index contributed by atoms with van der Waals surface area (Å²) in [5.41, 5.74) is 0.987. The first kappa shape index (κ1) is 14.7. The summed E-state index contributed by atoms with van der Waals surface area (Å²) < 4.78 is 25.4. The second-order valence-corrected chi connectivity index (χ2v) is 6.41. The fraction of sp³-hybridized carbons (Fsp3) is 0.417. The van der Waals surface area contributed by atoms with Gasteiger partial charge in [0, 0.05) is 21.1 Å². The van der Waals surface area contributed by atoms with Crippen LogP contribution in [0, 0.1) is 6.92 Å². The standard InChI is InChI=1S/C12H18N2O3S/c1-10-5-7-11(8-6-10)18(16,17)14(4)9-12(15)13(2)3/h5-8H,9H2,1-4H3. The lowest BCUT2D eigenvalue weighted by Gasteiger charge is -2.19. The smallest absolute Gasteiger partial charge is 0.243 e. The van der Waals surface area contributed by atoms with E-state index < -0.39 is 10.0 Å². The average molecular weight is 270 g/mol. The number of amides is 1. The third-order valence-electron chi connectivity index (χ3n) is 2.59. The summed E-state index contributed by atoms with van der Waals surface area (Å²) in [7, 11) is 0.985. The Bertz CT molecular complexity index is 521. The average Bonchev–Trinajstić information content (AvgIpc) is 2.29. The Hall–Kier alpha value is -1.40. The first-order valence-electron chi connectivity index (χ1n) is 5.48. The number of hydrogen-bond donors (Lipinski definition) is 0. The summed E-state index contributed by atoms with van der Waals surface area (Å²) in [6.45, 7) is 1.72. The molecule has 6 heteroatoms. The largest absolute Gasteiger partial charge is 0.348 e. The van der Waals surface area contributed by atoms with Crippen LogP contribution < -0.4 is 0 Å². The van der Waals surface area contributed by atoms with Gasteiger partial charge in [-0.05, 0) is 19.1 Å². The molecule has 0 N–H and O–H groups in total. The fourth-order valence-corrected chi connectivity index (χ4v) is 2.43. The van der Waals surface area contributed by atoms with Crippen LogP contribution in [0.3, 0.4) is 0 Å². The molecule has 0 radical (unpaired) electrons. The number of carbonyl (C=O) groups excluding carboxylic acids is 1. The molecule has 0 heterocycles. The van der Waals surface area contributed by atoms with Crippen LogP contribution in [0.2, 0.25) is 0 Å². The number of likely N-dealkylation sites (N-methyl/N-ethyl adjacent to an activating group) is 2. The predicted molar refractivity (Wildman–Crippen MR) is 69.7 cm³/mol. The Morgan fingerprint density at radius 1 is 1.11 bits per heavy atom. The number of sulfonamides is 1. The lowest BCUT2D eigenvalue weighted by Crippen LogP contribution is -2.37. The van der Waals surface area contributed by atoms with Gasteiger partial charge in [0.1, 0.15) is 0 Å². The predicted octanol–water partition coefficient (Wildman–Crippen LogP) is 0.704. The zero-order valence-corrected chi connectivity index (χ0v) is 11.9. The van der Waals surface area contributed by atoms with E-state index in [4.69, 9.17) is 0 Å². The van der Waals surface area contributed by atoms with E-state index in [1.165, 1.54) is 11.9 Å². The van der Waals surface area contributed by atoms with Gasteiger partial charge < -0.3 is 4.90 Å². The van der Waals surface area contributed by atoms with E-state index in [0.29, 0.717) is 0 Å². The lowest BCUT2D eigenvalue weighted by molar-refractivity contribution is -0.128. The fourth-order valence-electron chi connectivity index (χ4n) is 1.31. The summed E-state index contributed by atoms with van der Waals surface area (Å²) in [6.07, 6.45) is 0. The summed E-state index contributed by atoms with van der Waals surface area (Å²) in [6, 6.07) is 6.55. The van der Waals surface area contributed by atoms with Crippen molar-refractivity contribution in [3.63, 3.8) is 0 Å². The van der Waals surface area contributed by atoms with E-state index in [1.807, 2.05) is 6.92 Å². The van der Waals surface area contributed by atoms with Gasteiger partial charge in [0.25, 0.3) is 0 Å². The summed E-state index contributed by atoms with van der Waals surface area (Å²) >= 11 is 0. The highest BCUT2D eigenvalue weighted by Gasteiger charge is 2.23. The van der Waals surface area contributed by atoms with Crippen molar-refractivity contribution in [3.8, 4) is 0 Å². The molecule has 100 valence electrons. The van der Waals surface area contributed by atoms with Gasteiger partial charge in [-0.1, -0.05) is 17.7 Å². The van der Waals surface area contributed by atoms with Crippen LogP contribution in [-0.4, -0.2) is 51.2 Å². The quantitative estimate of drug-likeness (QED) is 0.809. The van der Waals surface area contributed by atoms with Gasteiger partial charge in [-0.15, -0.1) is 0 Å². The SMILES string of the molecule is Cc1ccc(S(=O)(=O)N(C)CC(=O)N(C)C)cc1. The Morgan fingerprint density at radius 2 is 1.61 bits per heavy atom. The molecular formula is C12H18N2O3S. The molecule has 0 aliphatic carbocycles. The van der Waals surface area contributed by atoms with Crippen LogP contribution in [0.15, 0.2) is 29.2 Å². The molecule has 0 spiro atoms.